The Morgan fingerprint density at radius 1 is 1.29 bits per heavy atom. The maximum Gasteiger partial charge on any atom is 0.101 e. The fourth-order valence-corrected chi connectivity index (χ4v) is 1.72. The van der Waals surface area contributed by atoms with Crippen LogP contribution in [-0.4, -0.2) is 4.57 Å². The van der Waals surface area contributed by atoms with Crippen molar-refractivity contribution in [3.63, 3.8) is 0 Å². The van der Waals surface area contributed by atoms with E-state index in [0.29, 0.717) is 5.56 Å². The van der Waals surface area contributed by atoms with Crippen LogP contribution in [0.4, 0.5) is 5.69 Å². The van der Waals surface area contributed by atoms with Gasteiger partial charge in [0.05, 0.1) is 11.3 Å². The van der Waals surface area contributed by atoms with E-state index >= 15 is 0 Å². The molecule has 1 aromatic carbocycles. The summed E-state index contributed by atoms with van der Waals surface area (Å²) in [6.45, 7) is 3.84. The lowest BCUT2D eigenvalue weighted by atomic mass is 10.2. The molecule has 3 nitrogen and oxygen atoms in total. The SMILES string of the molecule is CCn1ccc(CNc2ccccc2C#N)c1. The molecule has 0 saturated heterocycles. The van der Waals surface area contributed by atoms with Crippen LogP contribution >= 0.6 is 0 Å². The second-order valence-electron chi connectivity index (χ2n) is 3.86. The quantitative estimate of drug-likeness (QED) is 0.869. The molecular weight excluding hydrogens is 210 g/mol. The van der Waals surface area contributed by atoms with Crippen molar-refractivity contribution in [3.8, 4) is 6.07 Å². The molecule has 2 rings (SSSR count). The van der Waals surface area contributed by atoms with Gasteiger partial charge in [-0.25, -0.2) is 0 Å². The molecule has 1 heterocycles. The van der Waals surface area contributed by atoms with Crippen LogP contribution in [0.15, 0.2) is 42.7 Å². The van der Waals surface area contributed by atoms with Crippen LogP contribution in [0.1, 0.15) is 18.1 Å². The molecule has 3 heteroatoms. The number of rotatable bonds is 4. The van der Waals surface area contributed by atoms with Crippen molar-refractivity contribution in [1.82, 2.24) is 4.57 Å². The largest absolute Gasteiger partial charge is 0.380 e. The monoisotopic (exact) mass is 225 g/mol. The number of aryl methyl sites for hydroxylation is 1. The summed E-state index contributed by atoms with van der Waals surface area (Å²) >= 11 is 0. The fraction of sp³-hybridized carbons (Fsp3) is 0.214. The molecule has 17 heavy (non-hydrogen) atoms. The fourth-order valence-electron chi connectivity index (χ4n) is 1.72. The summed E-state index contributed by atoms with van der Waals surface area (Å²) in [4.78, 5) is 0. The van der Waals surface area contributed by atoms with Gasteiger partial charge in [-0.15, -0.1) is 0 Å². The second-order valence-corrected chi connectivity index (χ2v) is 3.86. The van der Waals surface area contributed by atoms with Gasteiger partial charge in [0.2, 0.25) is 0 Å². The first kappa shape index (κ1) is 11.3. The van der Waals surface area contributed by atoms with Gasteiger partial charge in [-0.05, 0) is 30.7 Å². The summed E-state index contributed by atoms with van der Waals surface area (Å²) in [6.07, 6.45) is 4.18. The van der Waals surface area contributed by atoms with E-state index in [1.165, 1.54) is 5.56 Å². The Balaban J connectivity index is 2.05. The predicted molar refractivity (Wildman–Crippen MR) is 68.6 cm³/mol. The molecule has 0 amide bonds. The minimum absolute atomic E-state index is 0.683. The van der Waals surface area contributed by atoms with E-state index in [2.05, 4.69) is 41.3 Å². The Bertz CT molecular complexity index is 534. The average molecular weight is 225 g/mol. The van der Waals surface area contributed by atoms with E-state index in [4.69, 9.17) is 5.26 Å². The van der Waals surface area contributed by atoms with Crippen LogP contribution in [0.25, 0.3) is 0 Å². The lowest BCUT2D eigenvalue weighted by molar-refractivity contribution is 0.766. The maximum absolute atomic E-state index is 8.96. The van der Waals surface area contributed by atoms with Crippen LogP contribution < -0.4 is 5.32 Å². The van der Waals surface area contributed by atoms with Gasteiger partial charge in [0, 0.05) is 25.5 Å². The number of nitrogens with zero attached hydrogens (tertiary/aromatic N) is 2. The number of hydrogen-bond donors (Lipinski definition) is 1. The Morgan fingerprint density at radius 3 is 2.82 bits per heavy atom. The van der Waals surface area contributed by atoms with Gasteiger partial charge in [-0.3, -0.25) is 0 Å². The number of nitrogens with one attached hydrogen (secondary N) is 1. The van der Waals surface area contributed by atoms with Gasteiger partial charge in [-0.1, -0.05) is 12.1 Å². The third kappa shape index (κ3) is 2.67. The molecule has 0 aliphatic rings. The number of benzene rings is 1. The van der Waals surface area contributed by atoms with Crippen molar-refractivity contribution in [2.45, 2.75) is 20.0 Å². The first-order chi connectivity index (χ1) is 8.33. The Labute approximate surface area is 101 Å². The van der Waals surface area contributed by atoms with Gasteiger partial charge >= 0.3 is 0 Å². The van der Waals surface area contributed by atoms with Crippen molar-refractivity contribution >= 4 is 5.69 Å². The molecule has 2 aromatic rings. The summed E-state index contributed by atoms with van der Waals surface area (Å²) in [7, 11) is 0. The third-order valence-corrected chi connectivity index (χ3v) is 2.71. The molecule has 0 fully saturated rings. The first-order valence-electron chi connectivity index (χ1n) is 5.71. The standard InChI is InChI=1S/C14H15N3/c1-2-17-8-7-12(11-17)10-16-14-6-4-3-5-13(14)9-15/h3-8,11,16H,2,10H2,1H3. The Hall–Kier alpha value is -2.21. The first-order valence-corrected chi connectivity index (χ1v) is 5.71. The zero-order valence-corrected chi connectivity index (χ0v) is 9.85. The third-order valence-electron chi connectivity index (χ3n) is 2.71. The van der Waals surface area contributed by atoms with E-state index < -0.39 is 0 Å². The number of hydrogen-bond acceptors (Lipinski definition) is 2. The molecule has 0 spiro atoms. The van der Waals surface area contributed by atoms with E-state index in [1.807, 2.05) is 24.3 Å². The van der Waals surface area contributed by atoms with Crippen LogP contribution in [0.5, 0.6) is 0 Å². The van der Waals surface area contributed by atoms with Crippen LogP contribution in [0.3, 0.4) is 0 Å². The summed E-state index contributed by atoms with van der Waals surface area (Å²) in [5.41, 5.74) is 2.79. The normalized spacial score (nSPS) is 9.88. The molecule has 0 atom stereocenters. The molecule has 0 radical (unpaired) electrons. The predicted octanol–water partition coefficient (Wildman–Crippen LogP) is 2.99. The van der Waals surface area contributed by atoms with Gasteiger partial charge < -0.3 is 9.88 Å². The molecule has 0 unspecified atom stereocenters. The van der Waals surface area contributed by atoms with E-state index in [0.717, 1.165) is 18.8 Å². The minimum Gasteiger partial charge on any atom is -0.380 e. The van der Waals surface area contributed by atoms with Gasteiger partial charge in [-0.2, -0.15) is 5.26 Å². The number of nitriles is 1. The van der Waals surface area contributed by atoms with E-state index in [-0.39, 0.29) is 0 Å². The van der Waals surface area contributed by atoms with Crippen molar-refractivity contribution in [2.75, 3.05) is 5.32 Å². The molecule has 0 aliphatic heterocycles. The van der Waals surface area contributed by atoms with Crippen molar-refractivity contribution in [3.05, 3.63) is 53.9 Å². The van der Waals surface area contributed by atoms with Crippen LogP contribution in [-0.2, 0) is 13.1 Å². The summed E-state index contributed by atoms with van der Waals surface area (Å²) in [5.74, 6) is 0. The topological polar surface area (TPSA) is 40.8 Å². The molecule has 1 aromatic heterocycles. The van der Waals surface area contributed by atoms with Crippen molar-refractivity contribution < 1.29 is 0 Å². The molecule has 0 bridgehead atoms. The highest BCUT2D eigenvalue weighted by atomic mass is 14.9. The molecule has 86 valence electrons. The Morgan fingerprint density at radius 2 is 2.12 bits per heavy atom. The van der Waals surface area contributed by atoms with Crippen molar-refractivity contribution in [1.29, 1.82) is 5.26 Å². The highest BCUT2D eigenvalue weighted by Crippen LogP contribution is 2.14. The van der Waals surface area contributed by atoms with Gasteiger partial charge in [0.1, 0.15) is 6.07 Å². The summed E-state index contributed by atoms with van der Waals surface area (Å²) in [6, 6.07) is 11.8. The number of para-hydroxylation sites is 1. The molecular formula is C14H15N3. The summed E-state index contributed by atoms with van der Waals surface area (Å²) in [5, 5.41) is 12.2. The summed E-state index contributed by atoms with van der Waals surface area (Å²) < 4.78 is 2.13. The van der Waals surface area contributed by atoms with E-state index in [9.17, 15) is 0 Å². The van der Waals surface area contributed by atoms with Gasteiger partial charge in [0.25, 0.3) is 0 Å². The molecule has 0 aliphatic carbocycles. The minimum atomic E-state index is 0.683. The lowest BCUT2D eigenvalue weighted by Gasteiger charge is -2.06. The second kappa shape index (κ2) is 5.22. The number of aromatic nitrogens is 1. The van der Waals surface area contributed by atoms with Gasteiger partial charge in [0.15, 0.2) is 0 Å². The zero-order valence-electron chi connectivity index (χ0n) is 9.85. The Kier molecular flexibility index (Phi) is 3.46. The highest BCUT2D eigenvalue weighted by Gasteiger charge is 2.00. The van der Waals surface area contributed by atoms with Crippen LogP contribution in [0, 0.1) is 11.3 Å². The average Bonchev–Trinajstić information content (AvgIpc) is 2.84. The smallest absolute Gasteiger partial charge is 0.101 e. The van der Waals surface area contributed by atoms with E-state index in [1.54, 1.807) is 0 Å². The van der Waals surface area contributed by atoms with Crippen LogP contribution in [0.2, 0.25) is 0 Å². The lowest BCUT2D eigenvalue weighted by Crippen LogP contribution is -2.00. The zero-order chi connectivity index (χ0) is 12.1. The van der Waals surface area contributed by atoms with Crippen molar-refractivity contribution in [2.24, 2.45) is 0 Å². The molecule has 1 N–H and O–H groups in total. The highest BCUT2D eigenvalue weighted by molar-refractivity contribution is 5.57. The number of anilines is 1. The molecule has 0 saturated carbocycles. The maximum atomic E-state index is 8.96.